The number of hydrogen-bond donors (Lipinski definition) is 1. The van der Waals surface area contributed by atoms with Crippen LogP contribution in [-0.4, -0.2) is 18.6 Å². The highest BCUT2D eigenvalue weighted by molar-refractivity contribution is 6.31. The van der Waals surface area contributed by atoms with Gasteiger partial charge in [-0.2, -0.15) is 0 Å². The molecule has 0 saturated carbocycles. The van der Waals surface area contributed by atoms with Gasteiger partial charge in [0.2, 0.25) is 0 Å². The van der Waals surface area contributed by atoms with Gasteiger partial charge in [-0.05, 0) is 68.1 Å². The van der Waals surface area contributed by atoms with Crippen LogP contribution in [0.1, 0.15) is 24.5 Å². The van der Waals surface area contributed by atoms with E-state index in [0.717, 1.165) is 23.4 Å². The third-order valence-electron chi connectivity index (χ3n) is 3.67. The zero-order valence-corrected chi connectivity index (χ0v) is 15.3. The van der Waals surface area contributed by atoms with Gasteiger partial charge in [0, 0.05) is 16.6 Å². The van der Waals surface area contributed by atoms with Crippen LogP contribution < -0.4 is 10.1 Å². The molecule has 128 valence electrons. The van der Waals surface area contributed by atoms with Crippen molar-refractivity contribution in [1.82, 2.24) is 5.32 Å². The van der Waals surface area contributed by atoms with Crippen LogP contribution in [0.3, 0.4) is 0 Å². The topological polar surface area (TPSA) is 38.3 Å². The Morgan fingerprint density at radius 2 is 1.88 bits per heavy atom. The van der Waals surface area contributed by atoms with Crippen LogP contribution in [0.15, 0.2) is 42.5 Å². The molecule has 0 aromatic heterocycles. The Balaban J connectivity index is 1.73. The fourth-order valence-corrected chi connectivity index (χ4v) is 2.49. The number of benzene rings is 2. The number of rotatable bonds is 7. The molecule has 0 aliphatic carbocycles. The van der Waals surface area contributed by atoms with Gasteiger partial charge in [0.1, 0.15) is 5.75 Å². The van der Waals surface area contributed by atoms with Gasteiger partial charge in [-0.25, -0.2) is 0 Å². The van der Waals surface area contributed by atoms with Crippen molar-refractivity contribution in [2.24, 2.45) is 0 Å². The predicted octanol–water partition coefficient (Wildman–Crippen LogP) is 4.82. The predicted molar refractivity (Wildman–Crippen MR) is 99.1 cm³/mol. The second-order valence-electron chi connectivity index (χ2n) is 5.69. The average Bonchev–Trinajstić information content (AvgIpc) is 2.56. The lowest BCUT2D eigenvalue weighted by Crippen LogP contribution is -2.36. The Hall–Kier alpha value is -1.71. The maximum absolute atomic E-state index is 12.1. The summed E-state index contributed by atoms with van der Waals surface area (Å²) in [6.45, 7) is 4.24. The van der Waals surface area contributed by atoms with Gasteiger partial charge in [0.25, 0.3) is 5.91 Å². The first kappa shape index (κ1) is 18.6. The maximum Gasteiger partial charge on any atom is 0.260 e. The number of ether oxygens (including phenoxy) is 1. The number of nitrogens with one attached hydrogen (secondary N) is 1. The van der Waals surface area contributed by atoms with Gasteiger partial charge >= 0.3 is 0 Å². The molecule has 2 aromatic carbocycles. The SMILES string of the molecule is Cc1cc(O[C@@H](C)C(=O)NCCCc2ccc(Cl)cc2)ccc1Cl. The number of aryl methyl sites for hydroxylation is 2. The molecule has 0 fully saturated rings. The lowest BCUT2D eigenvalue weighted by atomic mass is 10.1. The van der Waals surface area contributed by atoms with Crippen LogP contribution in [0.2, 0.25) is 10.0 Å². The van der Waals surface area contributed by atoms with Crippen LogP contribution in [0.5, 0.6) is 5.75 Å². The summed E-state index contributed by atoms with van der Waals surface area (Å²) >= 11 is 11.8. The molecule has 24 heavy (non-hydrogen) atoms. The Bertz CT molecular complexity index is 686. The molecule has 0 radical (unpaired) electrons. The van der Waals surface area contributed by atoms with Gasteiger partial charge in [0.15, 0.2) is 6.10 Å². The first-order valence-electron chi connectivity index (χ1n) is 7.90. The minimum absolute atomic E-state index is 0.126. The average molecular weight is 366 g/mol. The van der Waals surface area contributed by atoms with E-state index < -0.39 is 6.10 Å². The van der Waals surface area contributed by atoms with E-state index >= 15 is 0 Å². The van der Waals surface area contributed by atoms with Crippen molar-refractivity contribution in [3.63, 3.8) is 0 Å². The van der Waals surface area contributed by atoms with Crippen LogP contribution in [0, 0.1) is 6.92 Å². The molecule has 0 unspecified atom stereocenters. The number of carbonyl (C=O) groups excluding carboxylic acids is 1. The van der Waals surface area contributed by atoms with E-state index in [4.69, 9.17) is 27.9 Å². The summed E-state index contributed by atoms with van der Waals surface area (Å²) in [5, 5.41) is 4.31. The largest absolute Gasteiger partial charge is 0.481 e. The normalized spacial score (nSPS) is 11.8. The van der Waals surface area contributed by atoms with Crippen molar-refractivity contribution in [3.05, 3.63) is 63.6 Å². The zero-order valence-electron chi connectivity index (χ0n) is 13.8. The number of halogens is 2. The molecular weight excluding hydrogens is 345 g/mol. The van der Waals surface area contributed by atoms with Crippen molar-refractivity contribution in [3.8, 4) is 5.75 Å². The Morgan fingerprint density at radius 3 is 2.54 bits per heavy atom. The Kier molecular flexibility index (Phi) is 6.95. The van der Waals surface area contributed by atoms with Crippen molar-refractivity contribution in [2.45, 2.75) is 32.8 Å². The molecule has 0 spiro atoms. The third kappa shape index (κ3) is 5.73. The molecule has 5 heteroatoms. The first-order chi connectivity index (χ1) is 11.5. The molecule has 1 atom stereocenters. The number of hydrogen-bond acceptors (Lipinski definition) is 2. The van der Waals surface area contributed by atoms with E-state index in [9.17, 15) is 4.79 Å². The Morgan fingerprint density at radius 1 is 1.17 bits per heavy atom. The summed E-state index contributed by atoms with van der Waals surface area (Å²) in [6, 6.07) is 13.1. The second-order valence-corrected chi connectivity index (χ2v) is 6.54. The standard InChI is InChI=1S/C19H21Cl2NO2/c1-13-12-17(9-10-18(13)21)24-14(2)19(23)22-11-3-4-15-5-7-16(20)8-6-15/h5-10,12,14H,3-4,11H2,1-2H3,(H,22,23)/t14-/m0/s1. The van der Waals surface area contributed by atoms with E-state index in [1.54, 1.807) is 19.1 Å². The fourth-order valence-electron chi connectivity index (χ4n) is 2.25. The second kappa shape index (κ2) is 8.95. The minimum atomic E-state index is -0.555. The van der Waals surface area contributed by atoms with E-state index in [1.807, 2.05) is 37.3 Å². The van der Waals surface area contributed by atoms with Crippen LogP contribution >= 0.6 is 23.2 Å². The molecule has 1 N–H and O–H groups in total. The van der Waals surface area contributed by atoms with E-state index in [2.05, 4.69) is 5.32 Å². The molecule has 0 aliphatic heterocycles. The molecule has 2 aromatic rings. The highest BCUT2D eigenvalue weighted by atomic mass is 35.5. The third-order valence-corrected chi connectivity index (χ3v) is 4.34. The summed E-state index contributed by atoms with van der Waals surface area (Å²) in [5.41, 5.74) is 2.12. The van der Waals surface area contributed by atoms with Crippen molar-refractivity contribution in [2.75, 3.05) is 6.54 Å². The molecular formula is C19H21Cl2NO2. The minimum Gasteiger partial charge on any atom is -0.481 e. The maximum atomic E-state index is 12.1. The molecule has 2 rings (SSSR count). The van der Waals surface area contributed by atoms with E-state index in [1.165, 1.54) is 5.56 Å². The fraction of sp³-hybridized carbons (Fsp3) is 0.316. The number of carbonyl (C=O) groups is 1. The molecule has 1 amide bonds. The summed E-state index contributed by atoms with van der Waals surface area (Å²) in [4.78, 5) is 12.1. The van der Waals surface area contributed by atoms with Gasteiger partial charge in [-0.15, -0.1) is 0 Å². The lowest BCUT2D eigenvalue weighted by molar-refractivity contribution is -0.127. The number of amides is 1. The monoisotopic (exact) mass is 365 g/mol. The summed E-state index contributed by atoms with van der Waals surface area (Å²) in [6.07, 6.45) is 1.20. The quantitative estimate of drug-likeness (QED) is 0.714. The highest BCUT2D eigenvalue weighted by Gasteiger charge is 2.14. The smallest absolute Gasteiger partial charge is 0.260 e. The summed E-state index contributed by atoms with van der Waals surface area (Å²) < 4.78 is 5.66. The first-order valence-corrected chi connectivity index (χ1v) is 8.66. The molecule has 0 heterocycles. The van der Waals surface area contributed by atoms with Gasteiger partial charge in [-0.1, -0.05) is 35.3 Å². The van der Waals surface area contributed by atoms with Crippen molar-refractivity contribution >= 4 is 29.1 Å². The van der Waals surface area contributed by atoms with Crippen molar-refractivity contribution in [1.29, 1.82) is 0 Å². The summed E-state index contributed by atoms with van der Waals surface area (Å²) in [5.74, 6) is 0.513. The molecule has 3 nitrogen and oxygen atoms in total. The van der Waals surface area contributed by atoms with Crippen molar-refractivity contribution < 1.29 is 9.53 Å². The lowest BCUT2D eigenvalue weighted by Gasteiger charge is -2.15. The van der Waals surface area contributed by atoms with Gasteiger partial charge < -0.3 is 10.1 Å². The highest BCUT2D eigenvalue weighted by Crippen LogP contribution is 2.21. The van der Waals surface area contributed by atoms with Gasteiger partial charge in [-0.3, -0.25) is 4.79 Å². The Labute approximate surface area is 152 Å². The van der Waals surface area contributed by atoms with Crippen LogP contribution in [0.25, 0.3) is 0 Å². The summed E-state index contributed by atoms with van der Waals surface area (Å²) in [7, 11) is 0. The van der Waals surface area contributed by atoms with Gasteiger partial charge in [0.05, 0.1) is 0 Å². The van der Waals surface area contributed by atoms with E-state index in [-0.39, 0.29) is 5.91 Å². The van der Waals surface area contributed by atoms with Crippen LogP contribution in [0.4, 0.5) is 0 Å². The molecule has 0 saturated heterocycles. The van der Waals surface area contributed by atoms with E-state index in [0.29, 0.717) is 17.3 Å². The van der Waals surface area contributed by atoms with Crippen LogP contribution in [-0.2, 0) is 11.2 Å². The zero-order chi connectivity index (χ0) is 17.5. The molecule has 0 bridgehead atoms. The molecule has 0 aliphatic rings.